The number of hydrogen-bond acceptors (Lipinski definition) is 3. The number of hydrogen-bond donors (Lipinski definition) is 0. The molecule has 0 saturated carbocycles. The highest BCUT2D eigenvalue weighted by molar-refractivity contribution is 5.97. The average Bonchev–Trinajstić information content (AvgIpc) is 2.91. The molecule has 4 nitrogen and oxygen atoms in total. The minimum atomic E-state index is -0.563. The van der Waals surface area contributed by atoms with Crippen LogP contribution in [0.5, 0.6) is 0 Å². The molecule has 0 unspecified atom stereocenters. The highest BCUT2D eigenvalue weighted by Gasteiger charge is 2.34. The topological polar surface area (TPSA) is 32.8 Å². The van der Waals surface area contributed by atoms with E-state index in [1.807, 2.05) is 91.1 Å². The van der Waals surface area contributed by atoms with Gasteiger partial charge in [-0.05, 0) is 29.3 Å². The first-order valence-corrected chi connectivity index (χ1v) is 11.1. The van der Waals surface area contributed by atoms with Gasteiger partial charge in [-0.15, -0.1) is 0 Å². The monoisotopic (exact) mass is 430 g/mol. The van der Waals surface area contributed by atoms with Crippen molar-refractivity contribution in [1.29, 1.82) is 0 Å². The summed E-state index contributed by atoms with van der Waals surface area (Å²) >= 11 is 0. The minimum absolute atomic E-state index is 0.376. The Hall–Kier alpha value is -4.31. The Bertz CT molecular complexity index is 1360. The summed E-state index contributed by atoms with van der Waals surface area (Å²) in [5.74, 6) is 0. The molecule has 33 heavy (non-hydrogen) atoms. The summed E-state index contributed by atoms with van der Waals surface area (Å²) in [5, 5.41) is 0. The van der Waals surface area contributed by atoms with Crippen molar-refractivity contribution >= 4 is 23.5 Å². The van der Waals surface area contributed by atoms with Crippen LogP contribution in [-0.2, 0) is 11.3 Å². The van der Waals surface area contributed by atoms with Crippen LogP contribution >= 0.6 is 0 Å². The van der Waals surface area contributed by atoms with Gasteiger partial charge >= 0.3 is 6.09 Å². The molecule has 0 aromatic heterocycles. The van der Waals surface area contributed by atoms with Crippen molar-refractivity contribution in [3.8, 4) is 11.1 Å². The Labute approximate surface area is 193 Å². The molecule has 2 heterocycles. The third-order valence-corrected chi connectivity index (χ3v) is 6.21. The molecule has 0 saturated heterocycles. The minimum Gasteiger partial charge on any atom is -0.420 e. The number of para-hydroxylation sites is 2. The number of nitrogens with zero attached hydrogens (tertiary/aromatic N) is 2. The van der Waals surface area contributed by atoms with E-state index in [4.69, 9.17) is 4.74 Å². The van der Waals surface area contributed by atoms with E-state index < -0.39 is 6.23 Å². The Kier molecular flexibility index (Phi) is 4.69. The van der Waals surface area contributed by atoms with Gasteiger partial charge in [-0.1, -0.05) is 91.0 Å². The van der Waals surface area contributed by atoms with Gasteiger partial charge in [-0.3, -0.25) is 4.90 Å². The molecule has 0 fully saturated rings. The molecule has 160 valence electrons. The number of benzene rings is 4. The Morgan fingerprint density at radius 1 is 0.697 bits per heavy atom. The number of ether oxygens (including phenoxy) is 1. The van der Waals surface area contributed by atoms with Crippen molar-refractivity contribution in [2.45, 2.75) is 12.8 Å². The molecule has 0 N–H and O–H groups in total. The lowest BCUT2D eigenvalue weighted by molar-refractivity contribution is 0.106. The maximum absolute atomic E-state index is 13.8. The van der Waals surface area contributed by atoms with Crippen LogP contribution in [0.3, 0.4) is 0 Å². The van der Waals surface area contributed by atoms with Crippen molar-refractivity contribution in [1.82, 2.24) is 0 Å². The van der Waals surface area contributed by atoms with Crippen LogP contribution in [0.25, 0.3) is 17.2 Å². The summed E-state index contributed by atoms with van der Waals surface area (Å²) in [6.45, 7) is 0.420. The fourth-order valence-corrected chi connectivity index (χ4v) is 4.64. The first kappa shape index (κ1) is 19.4. The van der Waals surface area contributed by atoms with Crippen LogP contribution in [-0.4, -0.2) is 6.09 Å². The van der Waals surface area contributed by atoms with E-state index >= 15 is 0 Å². The molecule has 2 aliphatic heterocycles. The quantitative estimate of drug-likeness (QED) is 0.343. The van der Waals surface area contributed by atoms with E-state index in [1.165, 1.54) is 0 Å². The van der Waals surface area contributed by atoms with Crippen LogP contribution in [0.4, 0.5) is 16.2 Å². The first-order valence-electron chi connectivity index (χ1n) is 11.1. The molecule has 4 heteroatoms. The zero-order chi connectivity index (χ0) is 22.2. The van der Waals surface area contributed by atoms with Crippen molar-refractivity contribution in [2.75, 3.05) is 9.80 Å². The van der Waals surface area contributed by atoms with E-state index in [1.54, 1.807) is 4.90 Å². The number of amides is 1. The normalized spacial score (nSPS) is 16.4. The molecule has 4 aromatic rings. The van der Waals surface area contributed by atoms with Crippen molar-refractivity contribution < 1.29 is 9.53 Å². The van der Waals surface area contributed by atoms with Crippen LogP contribution in [0.2, 0.25) is 0 Å². The molecule has 0 spiro atoms. The first-order chi connectivity index (χ1) is 16.3. The summed E-state index contributed by atoms with van der Waals surface area (Å²) < 4.78 is 6.26. The predicted octanol–water partition coefficient (Wildman–Crippen LogP) is 7.00. The molecule has 6 rings (SSSR count). The van der Waals surface area contributed by atoms with E-state index in [0.29, 0.717) is 6.54 Å². The highest BCUT2D eigenvalue weighted by Crippen LogP contribution is 2.44. The molecular weight excluding hydrogens is 408 g/mol. The Morgan fingerprint density at radius 2 is 1.33 bits per heavy atom. The van der Waals surface area contributed by atoms with Gasteiger partial charge in [0.15, 0.2) is 0 Å². The summed E-state index contributed by atoms with van der Waals surface area (Å²) in [5.41, 5.74) is 6.93. The Balaban J connectivity index is 1.57. The molecule has 0 bridgehead atoms. The molecule has 4 aromatic carbocycles. The highest BCUT2D eigenvalue weighted by atomic mass is 16.6. The van der Waals surface area contributed by atoms with Gasteiger partial charge in [0, 0.05) is 22.9 Å². The number of carbonyl (C=O) groups is 1. The van der Waals surface area contributed by atoms with Gasteiger partial charge in [-0.25, -0.2) is 4.79 Å². The van der Waals surface area contributed by atoms with E-state index in [0.717, 1.165) is 39.2 Å². The zero-order valence-electron chi connectivity index (χ0n) is 18.0. The maximum atomic E-state index is 13.8. The van der Waals surface area contributed by atoms with E-state index in [9.17, 15) is 4.79 Å². The lowest BCUT2D eigenvalue weighted by atomic mass is 9.98. The van der Waals surface area contributed by atoms with Crippen molar-refractivity contribution in [3.63, 3.8) is 0 Å². The standard InChI is InChI=1S/C29H22N2O2/c32-29-31(20-21-10-2-1-3-11-21)27-17-9-7-15-25(27)24-14-6-8-16-26(24)30-19-18-22-12-4-5-13-23(22)28(30)33-29/h1-19,28H,20H2/t28-/m0/s1. The fraction of sp³-hybridized carbons (Fsp3) is 0.0690. The third-order valence-electron chi connectivity index (χ3n) is 6.21. The lowest BCUT2D eigenvalue weighted by Crippen LogP contribution is -2.36. The number of carbonyl (C=O) groups excluding carboxylic acids is 1. The van der Waals surface area contributed by atoms with E-state index in [-0.39, 0.29) is 6.09 Å². The zero-order valence-corrected chi connectivity index (χ0v) is 18.0. The second kappa shape index (κ2) is 7.99. The number of fused-ring (bicyclic) bond motifs is 7. The predicted molar refractivity (Wildman–Crippen MR) is 132 cm³/mol. The molecule has 1 amide bonds. The van der Waals surface area contributed by atoms with Gasteiger partial charge < -0.3 is 9.64 Å². The summed E-state index contributed by atoms with van der Waals surface area (Å²) in [7, 11) is 0. The van der Waals surface area contributed by atoms with Crippen LogP contribution in [0.15, 0.2) is 109 Å². The molecular formula is C29H22N2O2. The van der Waals surface area contributed by atoms with Gasteiger partial charge in [0.2, 0.25) is 6.23 Å². The fourth-order valence-electron chi connectivity index (χ4n) is 4.64. The Morgan fingerprint density at radius 3 is 2.15 bits per heavy atom. The van der Waals surface area contributed by atoms with Crippen molar-refractivity contribution in [3.05, 3.63) is 126 Å². The third kappa shape index (κ3) is 3.37. The molecule has 0 radical (unpaired) electrons. The lowest BCUT2D eigenvalue weighted by Gasteiger charge is -2.35. The van der Waals surface area contributed by atoms with Gasteiger partial charge in [-0.2, -0.15) is 0 Å². The van der Waals surface area contributed by atoms with Crippen LogP contribution < -0.4 is 9.80 Å². The maximum Gasteiger partial charge on any atom is 0.416 e. The van der Waals surface area contributed by atoms with E-state index in [2.05, 4.69) is 29.2 Å². The van der Waals surface area contributed by atoms with Gasteiger partial charge in [0.25, 0.3) is 0 Å². The number of anilines is 2. The molecule has 2 aliphatic rings. The summed E-state index contributed by atoms with van der Waals surface area (Å²) in [6.07, 6.45) is 3.14. The SMILES string of the molecule is O=C1O[C@H]2c3ccccc3C=CN2c2ccccc2-c2ccccc2N1Cc1ccccc1. The van der Waals surface area contributed by atoms with Gasteiger partial charge in [0.05, 0.1) is 17.9 Å². The molecule has 0 aliphatic carbocycles. The molecule has 1 atom stereocenters. The summed E-state index contributed by atoms with van der Waals surface area (Å²) in [4.78, 5) is 17.6. The summed E-state index contributed by atoms with van der Waals surface area (Å²) in [6, 6.07) is 34.4. The second-order valence-electron chi connectivity index (χ2n) is 8.19. The number of rotatable bonds is 2. The second-order valence-corrected chi connectivity index (χ2v) is 8.19. The van der Waals surface area contributed by atoms with Gasteiger partial charge in [0.1, 0.15) is 0 Å². The average molecular weight is 431 g/mol. The van der Waals surface area contributed by atoms with Crippen molar-refractivity contribution in [2.24, 2.45) is 0 Å². The van der Waals surface area contributed by atoms with Crippen LogP contribution in [0.1, 0.15) is 22.9 Å². The smallest absolute Gasteiger partial charge is 0.416 e. The largest absolute Gasteiger partial charge is 0.420 e. The van der Waals surface area contributed by atoms with Crippen LogP contribution in [0, 0.1) is 0 Å².